The zero-order valence-corrected chi connectivity index (χ0v) is 15.3. The average Bonchev–Trinajstić information content (AvgIpc) is 3.15. The fourth-order valence-electron chi connectivity index (χ4n) is 2.65. The number of rotatable bonds is 4. The van der Waals surface area contributed by atoms with Crippen LogP contribution in [0.3, 0.4) is 0 Å². The van der Waals surface area contributed by atoms with Crippen LogP contribution in [0.1, 0.15) is 5.56 Å². The molecule has 0 spiro atoms. The van der Waals surface area contributed by atoms with Crippen molar-refractivity contribution in [2.24, 2.45) is 0 Å². The van der Waals surface area contributed by atoms with Gasteiger partial charge in [0.25, 0.3) is 10.0 Å². The molecule has 4 aromatic rings. The van der Waals surface area contributed by atoms with Crippen LogP contribution in [0.4, 0.5) is 18.9 Å². The predicted molar refractivity (Wildman–Crippen MR) is 98.5 cm³/mol. The number of alkyl halides is 3. The van der Waals surface area contributed by atoms with Crippen LogP contribution in [0.25, 0.3) is 16.9 Å². The van der Waals surface area contributed by atoms with Crippen LogP contribution in [-0.2, 0) is 16.2 Å². The van der Waals surface area contributed by atoms with Crippen LogP contribution >= 0.6 is 0 Å². The van der Waals surface area contributed by atoms with Crippen LogP contribution in [0.2, 0.25) is 0 Å². The van der Waals surface area contributed by atoms with Gasteiger partial charge in [0, 0.05) is 11.3 Å². The van der Waals surface area contributed by atoms with E-state index >= 15 is 0 Å². The maximum atomic E-state index is 12.8. The molecule has 2 aromatic carbocycles. The molecule has 7 nitrogen and oxygen atoms in total. The molecule has 0 aliphatic carbocycles. The molecule has 1 N–H and O–H groups in total. The summed E-state index contributed by atoms with van der Waals surface area (Å²) in [6.45, 7) is 0. The minimum atomic E-state index is -4.63. The molecule has 0 amide bonds. The van der Waals surface area contributed by atoms with Gasteiger partial charge in [-0.2, -0.15) is 22.8 Å². The first-order valence-electron chi connectivity index (χ1n) is 8.20. The van der Waals surface area contributed by atoms with Crippen molar-refractivity contribution in [1.82, 2.24) is 19.8 Å². The Morgan fingerprint density at radius 3 is 2.45 bits per heavy atom. The number of aromatic nitrogens is 4. The lowest BCUT2D eigenvalue weighted by Crippen LogP contribution is -2.14. The highest BCUT2D eigenvalue weighted by Crippen LogP contribution is 2.31. The van der Waals surface area contributed by atoms with Crippen molar-refractivity contribution in [2.45, 2.75) is 11.1 Å². The first-order chi connectivity index (χ1) is 13.7. The third-order valence-electron chi connectivity index (χ3n) is 4.07. The number of fused-ring (bicyclic) bond motifs is 1. The molecule has 148 valence electrons. The molecule has 29 heavy (non-hydrogen) atoms. The van der Waals surface area contributed by atoms with Gasteiger partial charge in [0.1, 0.15) is 6.33 Å². The number of benzene rings is 2. The fourth-order valence-corrected chi connectivity index (χ4v) is 3.75. The summed E-state index contributed by atoms with van der Waals surface area (Å²) in [6.07, 6.45) is -3.18. The molecule has 0 bridgehead atoms. The van der Waals surface area contributed by atoms with Crippen molar-refractivity contribution < 1.29 is 21.6 Å². The number of anilines is 1. The summed E-state index contributed by atoms with van der Waals surface area (Å²) in [7, 11) is -4.18. The smallest absolute Gasteiger partial charge is 0.280 e. The lowest BCUT2D eigenvalue weighted by atomic mass is 10.1. The molecule has 2 heterocycles. The van der Waals surface area contributed by atoms with Crippen molar-refractivity contribution in [2.75, 3.05) is 4.72 Å². The second-order valence-corrected chi connectivity index (χ2v) is 7.74. The monoisotopic (exact) mass is 419 g/mol. The van der Waals surface area contributed by atoms with Crippen LogP contribution in [0.5, 0.6) is 0 Å². The summed E-state index contributed by atoms with van der Waals surface area (Å²) in [5.74, 6) is 0. The van der Waals surface area contributed by atoms with E-state index in [1.54, 1.807) is 24.3 Å². The second-order valence-electron chi connectivity index (χ2n) is 6.06. The number of sulfonamides is 1. The standard InChI is InChI=1S/C18H12F3N5O2S/c19-18(20,21)13-2-1-3-15(10-13)29(27,28)25-14-6-4-12(5-7-14)16-8-9-17-23-22-11-26(17)24-16/h1-11,25H. The van der Waals surface area contributed by atoms with Gasteiger partial charge in [0.2, 0.25) is 0 Å². The van der Waals surface area contributed by atoms with Gasteiger partial charge < -0.3 is 0 Å². The minimum absolute atomic E-state index is 0.205. The Balaban J connectivity index is 1.58. The number of nitrogens with zero attached hydrogens (tertiary/aromatic N) is 4. The van der Waals surface area contributed by atoms with Gasteiger partial charge in [-0.25, -0.2) is 8.42 Å². The number of nitrogens with one attached hydrogen (secondary N) is 1. The lowest BCUT2D eigenvalue weighted by Gasteiger charge is -2.11. The Kier molecular flexibility index (Phi) is 4.46. The first-order valence-corrected chi connectivity index (χ1v) is 9.68. The Bertz CT molecular complexity index is 1280. The Labute approximate surface area is 162 Å². The molecule has 0 saturated carbocycles. The van der Waals surface area contributed by atoms with E-state index in [9.17, 15) is 21.6 Å². The highest BCUT2D eigenvalue weighted by Gasteiger charge is 2.31. The van der Waals surface area contributed by atoms with E-state index in [1.165, 1.54) is 23.0 Å². The summed E-state index contributed by atoms with van der Waals surface area (Å²) in [6, 6.07) is 13.3. The van der Waals surface area contributed by atoms with Crippen LogP contribution in [0, 0.1) is 0 Å². The first kappa shape index (κ1) is 18.9. The largest absolute Gasteiger partial charge is 0.416 e. The Morgan fingerprint density at radius 2 is 1.72 bits per heavy atom. The summed E-state index contributed by atoms with van der Waals surface area (Å²) in [5.41, 5.74) is 1.08. The molecule has 2 aromatic heterocycles. The van der Waals surface area contributed by atoms with Crippen molar-refractivity contribution in [3.05, 3.63) is 72.6 Å². The molecular weight excluding hydrogens is 407 g/mol. The van der Waals surface area contributed by atoms with Gasteiger partial charge in [-0.3, -0.25) is 4.72 Å². The topological polar surface area (TPSA) is 89.2 Å². The van der Waals surface area contributed by atoms with Crippen molar-refractivity contribution in [1.29, 1.82) is 0 Å². The van der Waals surface area contributed by atoms with E-state index in [-0.39, 0.29) is 5.69 Å². The molecule has 0 unspecified atom stereocenters. The van der Waals surface area contributed by atoms with E-state index in [0.29, 0.717) is 23.0 Å². The van der Waals surface area contributed by atoms with E-state index in [2.05, 4.69) is 20.0 Å². The molecule has 11 heteroatoms. The SMILES string of the molecule is O=S(=O)(Nc1ccc(-c2ccc3nncn3n2)cc1)c1cccc(C(F)(F)F)c1. The van der Waals surface area contributed by atoms with E-state index in [4.69, 9.17) is 0 Å². The number of halogens is 3. The molecular formula is C18H12F3N5O2S. The molecule has 0 saturated heterocycles. The predicted octanol–water partition coefficient (Wildman–Crippen LogP) is 3.61. The normalized spacial score (nSPS) is 12.2. The summed E-state index contributed by atoms with van der Waals surface area (Å²) >= 11 is 0. The summed E-state index contributed by atoms with van der Waals surface area (Å²) < 4.78 is 67.2. The van der Waals surface area contributed by atoms with Gasteiger partial charge in [-0.15, -0.1) is 10.2 Å². The van der Waals surface area contributed by atoms with E-state index < -0.39 is 26.7 Å². The van der Waals surface area contributed by atoms with Gasteiger partial charge in [-0.05, 0) is 42.5 Å². The Morgan fingerprint density at radius 1 is 0.966 bits per heavy atom. The van der Waals surface area contributed by atoms with Crippen LogP contribution < -0.4 is 4.72 Å². The van der Waals surface area contributed by atoms with Crippen LogP contribution in [0.15, 0.2) is 71.9 Å². The summed E-state index contributed by atoms with van der Waals surface area (Å²) in [5, 5.41) is 11.9. The highest BCUT2D eigenvalue weighted by atomic mass is 32.2. The third kappa shape index (κ3) is 3.90. The van der Waals surface area contributed by atoms with Gasteiger partial charge in [0.15, 0.2) is 5.65 Å². The van der Waals surface area contributed by atoms with Crippen molar-refractivity contribution in [3.63, 3.8) is 0 Å². The molecule has 0 radical (unpaired) electrons. The van der Waals surface area contributed by atoms with Gasteiger partial charge in [0.05, 0.1) is 16.2 Å². The maximum Gasteiger partial charge on any atom is 0.416 e. The second kappa shape index (κ2) is 6.85. The van der Waals surface area contributed by atoms with E-state index in [0.717, 1.165) is 18.2 Å². The third-order valence-corrected chi connectivity index (χ3v) is 5.45. The van der Waals surface area contributed by atoms with Gasteiger partial charge in [-0.1, -0.05) is 18.2 Å². The zero-order valence-electron chi connectivity index (χ0n) is 14.5. The highest BCUT2D eigenvalue weighted by molar-refractivity contribution is 7.92. The minimum Gasteiger partial charge on any atom is -0.280 e. The fraction of sp³-hybridized carbons (Fsp3) is 0.0556. The molecule has 0 atom stereocenters. The number of hydrogen-bond donors (Lipinski definition) is 1. The average molecular weight is 419 g/mol. The Hall–Kier alpha value is -3.47. The quantitative estimate of drug-likeness (QED) is 0.546. The van der Waals surface area contributed by atoms with Crippen molar-refractivity contribution in [3.8, 4) is 11.3 Å². The number of hydrogen-bond acceptors (Lipinski definition) is 5. The van der Waals surface area contributed by atoms with Gasteiger partial charge >= 0.3 is 6.18 Å². The molecule has 4 rings (SSSR count). The van der Waals surface area contributed by atoms with E-state index in [1.807, 2.05) is 0 Å². The van der Waals surface area contributed by atoms with Crippen LogP contribution in [-0.4, -0.2) is 28.2 Å². The maximum absolute atomic E-state index is 12.8. The zero-order chi connectivity index (χ0) is 20.6. The van der Waals surface area contributed by atoms with Crippen molar-refractivity contribution >= 4 is 21.4 Å². The molecule has 0 aliphatic heterocycles. The lowest BCUT2D eigenvalue weighted by molar-refractivity contribution is -0.137. The summed E-state index contributed by atoms with van der Waals surface area (Å²) in [4.78, 5) is -0.476. The molecule has 0 aliphatic rings. The molecule has 0 fully saturated rings.